The van der Waals surface area contributed by atoms with E-state index in [0.29, 0.717) is 42.4 Å². The maximum absolute atomic E-state index is 13.6. The summed E-state index contributed by atoms with van der Waals surface area (Å²) in [6.07, 6.45) is 2.90. The largest absolute Gasteiger partial charge is 0.491 e. The molecule has 8 heteroatoms. The molecule has 8 nitrogen and oxygen atoms in total. The third-order valence-electron chi connectivity index (χ3n) is 7.45. The highest BCUT2D eigenvalue weighted by atomic mass is 16.5. The van der Waals surface area contributed by atoms with Crippen molar-refractivity contribution in [3.63, 3.8) is 0 Å². The molecule has 2 aliphatic rings. The van der Waals surface area contributed by atoms with Crippen LogP contribution >= 0.6 is 0 Å². The molecule has 0 bridgehead atoms. The maximum atomic E-state index is 13.6. The summed E-state index contributed by atoms with van der Waals surface area (Å²) in [6, 6.07) is 14.5. The zero-order chi connectivity index (χ0) is 28.1. The van der Waals surface area contributed by atoms with Crippen LogP contribution in [-0.4, -0.2) is 65.6 Å². The summed E-state index contributed by atoms with van der Waals surface area (Å²) >= 11 is 0. The molecule has 1 aliphatic heterocycles. The minimum absolute atomic E-state index is 0.0137. The van der Waals surface area contributed by atoms with Crippen LogP contribution in [0.2, 0.25) is 0 Å². The van der Waals surface area contributed by atoms with E-state index in [2.05, 4.69) is 5.32 Å². The fourth-order valence-electron chi connectivity index (χ4n) is 5.15. The van der Waals surface area contributed by atoms with Crippen molar-refractivity contribution in [1.29, 1.82) is 0 Å². The number of ether oxygens (including phenoxy) is 1. The van der Waals surface area contributed by atoms with Gasteiger partial charge in [-0.05, 0) is 63.6 Å². The monoisotopic (exact) mass is 535 g/mol. The Labute approximate surface area is 231 Å². The summed E-state index contributed by atoms with van der Waals surface area (Å²) in [5, 5.41) is 14.3. The van der Waals surface area contributed by atoms with Crippen molar-refractivity contribution in [2.24, 2.45) is 5.92 Å². The minimum atomic E-state index is -0.935. The lowest BCUT2D eigenvalue weighted by molar-refractivity contribution is -0.135. The molecule has 2 aromatic carbocycles. The number of carbonyl (C=O) groups excluding carboxylic acids is 3. The van der Waals surface area contributed by atoms with Crippen LogP contribution in [0.15, 0.2) is 48.5 Å². The molecule has 2 fully saturated rings. The predicted octanol–water partition coefficient (Wildman–Crippen LogP) is 3.95. The normalized spacial score (nSPS) is 17.6. The van der Waals surface area contributed by atoms with Crippen LogP contribution in [0.25, 0.3) is 0 Å². The lowest BCUT2D eigenvalue weighted by Crippen LogP contribution is -2.46. The van der Waals surface area contributed by atoms with Gasteiger partial charge in [0.05, 0.1) is 18.2 Å². The summed E-state index contributed by atoms with van der Waals surface area (Å²) in [6.45, 7) is 6.24. The van der Waals surface area contributed by atoms with E-state index in [1.165, 1.54) is 0 Å². The molecule has 39 heavy (non-hydrogen) atoms. The third-order valence-corrected chi connectivity index (χ3v) is 7.45. The SMILES string of the molecule is CC(C)Oc1cc(C(=O)N[C@@H](Cc2ccccc2)[C@@H](O)C[C@@H](C)C(=O)N(C)C2CC2)cc(N2CCCC2=O)c1. The summed E-state index contributed by atoms with van der Waals surface area (Å²) in [5.41, 5.74) is 1.95. The number of anilines is 1. The van der Waals surface area contributed by atoms with Gasteiger partial charge in [0.25, 0.3) is 5.91 Å². The van der Waals surface area contributed by atoms with E-state index in [4.69, 9.17) is 4.74 Å². The molecule has 2 aromatic rings. The first-order chi connectivity index (χ1) is 18.6. The van der Waals surface area contributed by atoms with Crippen molar-refractivity contribution in [3.05, 3.63) is 59.7 Å². The van der Waals surface area contributed by atoms with Crippen LogP contribution < -0.4 is 15.0 Å². The smallest absolute Gasteiger partial charge is 0.251 e. The third kappa shape index (κ3) is 7.60. The summed E-state index contributed by atoms with van der Waals surface area (Å²) in [5.74, 6) is -0.202. The van der Waals surface area contributed by atoms with Gasteiger partial charge in [-0.3, -0.25) is 14.4 Å². The van der Waals surface area contributed by atoms with E-state index in [-0.39, 0.29) is 36.2 Å². The topological polar surface area (TPSA) is 99.2 Å². The zero-order valence-electron chi connectivity index (χ0n) is 23.4. The first-order valence-electron chi connectivity index (χ1n) is 14.0. The fourth-order valence-corrected chi connectivity index (χ4v) is 5.15. The second-order valence-corrected chi connectivity index (χ2v) is 11.2. The molecule has 0 radical (unpaired) electrons. The Morgan fingerprint density at radius 2 is 1.85 bits per heavy atom. The molecule has 0 spiro atoms. The van der Waals surface area contributed by atoms with Crippen LogP contribution in [0.1, 0.15) is 68.8 Å². The van der Waals surface area contributed by atoms with Crippen molar-refractivity contribution < 1.29 is 24.2 Å². The lowest BCUT2D eigenvalue weighted by Gasteiger charge is -2.28. The Bertz CT molecular complexity index is 1160. The summed E-state index contributed by atoms with van der Waals surface area (Å²) in [4.78, 5) is 42.4. The Balaban J connectivity index is 1.55. The molecule has 1 heterocycles. The molecule has 0 aromatic heterocycles. The van der Waals surface area contributed by atoms with Crippen molar-refractivity contribution >= 4 is 23.4 Å². The Hall–Kier alpha value is -3.39. The molecule has 1 saturated carbocycles. The van der Waals surface area contributed by atoms with Gasteiger partial charge in [0.2, 0.25) is 11.8 Å². The number of aliphatic hydroxyl groups excluding tert-OH is 1. The first kappa shape index (κ1) is 28.6. The summed E-state index contributed by atoms with van der Waals surface area (Å²) < 4.78 is 5.90. The fraction of sp³-hybridized carbons (Fsp3) is 0.516. The standard InChI is InChI=1S/C31H41N3O5/c1-20(2)39-26-18-23(17-25(19-26)34-14-8-11-29(34)36)30(37)32-27(16-22-9-6-5-7-10-22)28(35)15-21(3)31(38)33(4)24-12-13-24/h5-7,9-10,17-21,24,27-28,35H,8,11-16H2,1-4H3,(H,32,37)/t21-,27+,28+/m1/s1. The Morgan fingerprint density at radius 3 is 2.46 bits per heavy atom. The van der Waals surface area contributed by atoms with Crippen molar-refractivity contribution in [2.45, 2.75) is 83.6 Å². The molecule has 2 N–H and O–H groups in total. The van der Waals surface area contributed by atoms with E-state index in [1.807, 2.05) is 58.2 Å². The maximum Gasteiger partial charge on any atom is 0.251 e. The average Bonchev–Trinajstić information content (AvgIpc) is 3.67. The van der Waals surface area contributed by atoms with Crippen LogP contribution in [0, 0.1) is 5.92 Å². The number of carbonyl (C=O) groups is 3. The lowest BCUT2D eigenvalue weighted by atomic mass is 9.93. The second kappa shape index (κ2) is 12.6. The number of nitrogens with one attached hydrogen (secondary N) is 1. The molecular weight excluding hydrogens is 494 g/mol. The quantitative estimate of drug-likeness (QED) is 0.429. The van der Waals surface area contributed by atoms with Gasteiger partial charge in [0.1, 0.15) is 5.75 Å². The Morgan fingerprint density at radius 1 is 1.13 bits per heavy atom. The molecule has 3 amide bonds. The highest BCUT2D eigenvalue weighted by Gasteiger charge is 2.34. The van der Waals surface area contributed by atoms with Crippen molar-refractivity contribution in [1.82, 2.24) is 10.2 Å². The van der Waals surface area contributed by atoms with Gasteiger partial charge in [0, 0.05) is 49.3 Å². The number of benzene rings is 2. The molecule has 3 atom stereocenters. The van der Waals surface area contributed by atoms with E-state index in [1.54, 1.807) is 28.0 Å². The number of rotatable bonds is 12. The number of amides is 3. The van der Waals surface area contributed by atoms with Gasteiger partial charge in [-0.2, -0.15) is 0 Å². The average molecular weight is 536 g/mol. The molecule has 1 saturated heterocycles. The van der Waals surface area contributed by atoms with Crippen LogP contribution in [0.4, 0.5) is 5.69 Å². The van der Waals surface area contributed by atoms with Crippen LogP contribution in [0.5, 0.6) is 5.75 Å². The molecule has 0 unspecified atom stereocenters. The zero-order valence-corrected chi connectivity index (χ0v) is 23.4. The first-order valence-corrected chi connectivity index (χ1v) is 14.0. The molecule has 210 valence electrons. The minimum Gasteiger partial charge on any atom is -0.491 e. The van der Waals surface area contributed by atoms with Gasteiger partial charge in [-0.25, -0.2) is 0 Å². The van der Waals surface area contributed by atoms with Crippen LogP contribution in [0.3, 0.4) is 0 Å². The molecular formula is C31H41N3O5. The van der Waals surface area contributed by atoms with Gasteiger partial charge in [0.15, 0.2) is 0 Å². The number of hydrogen-bond donors (Lipinski definition) is 2. The highest BCUT2D eigenvalue weighted by molar-refractivity contribution is 5.99. The molecule has 4 rings (SSSR count). The second-order valence-electron chi connectivity index (χ2n) is 11.2. The van der Waals surface area contributed by atoms with E-state index < -0.39 is 12.1 Å². The number of aliphatic hydroxyl groups is 1. The van der Waals surface area contributed by atoms with Crippen LogP contribution in [-0.2, 0) is 16.0 Å². The highest BCUT2D eigenvalue weighted by Crippen LogP contribution is 2.29. The Kier molecular flexibility index (Phi) is 9.28. The number of nitrogens with zero attached hydrogens (tertiary/aromatic N) is 2. The van der Waals surface area contributed by atoms with Gasteiger partial charge >= 0.3 is 0 Å². The number of hydrogen-bond acceptors (Lipinski definition) is 5. The van der Waals surface area contributed by atoms with E-state index in [0.717, 1.165) is 24.8 Å². The molecule has 1 aliphatic carbocycles. The van der Waals surface area contributed by atoms with E-state index >= 15 is 0 Å². The van der Waals surface area contributed by atoms with Gasteiger partial charge < -0.3 is 25.0 Å². The van der Waals surface area contributed by atoms with Gasteiger partial charge in [-0.15, -0.1) is 0 Å². The van der Waals surface area contributed by atoms with Crippen molar-refractivity contribution in [2.75, 3.05) is 18.5 Å². The predicted molar refractivity (Wildman–Crippen MR) is 151 cm³/mol. The van der Waals surface area contributed by atoms with E-state index in [9.17, 15) is 19.5 Å². The summed E-state index contributed by atoms with van der Waals surface area (Å²) in [7, 11) is 1.82. The van der Waals surface area contributed by atoms with Gasteiger partial charge in [-0.1, -0.05) is 37.3 Å². The van der Waals surface area contributed by atoms with Crippen molar-refractivity contribution in [3.8, 4) is 5.75 Å².